The van der Waals surface area contributed by atoms with E-state index in [2.05, 4.69) is 33.6 Å². The first-order valence-electron chi connectivity index (χ1n) is 11.6. The zero-order valence-corrected chi connectivity index (χ0v) is 20.1. The quantitative estimate of drug-likeness (QED) is 0.500. The van der Waals surface area contributed by atoms with E-state index >= 15 is 0 Å². The fourth-order valence-corrected chi connectivity index (χ4v) is 4.71. The van der Waals surface area contributed by atoms with Crippen molar-refractivity contribution in [3.63, 3.8) is 0 Å². The van der Waals surface area contributed by atoms with Crippen molar-refractivity contribution in [1.82, 2.24) is 14.5 Å². The van der Waals surface area contributed by atoms with Gasteiger partial charge in [0.1, 0.15) is 11.8 Å². The fraction of sp³-hybridized carbons (Fsp3) is 0.385. The van der Waals surface area contributed by atoms with Crippen molar-refractivity contribution in [2.24, 2.45) is 5.41 Å². The average molecular weight is 473 g/mol. The van der Waals surface area contributed by atoms with E-state index in [9.17, 15) is 15.2 Å². The summed E-state index contributed by atoms with van der Waals surface area (Å²) in [4.78, 5) is 22.1. The molecular formula is C26H28N6O3. The van der Waals surface area contributed by atoms with Crippen LogP contribution in [0.25, 0.3) is 11.3 Å². The highest BCUT2D eigenvalue weighted by Gasteiger charge is 2.36. The van der Waals surface area contributed by atoms with E-state index in [4.69, 9.17) is 4.74 Å². The van der Waals surface area contributed by atoms with Gasteiger partial charge >= 0.3 is 0 Å². The van der Waals surface area contributed by atoms with Gasteiger partial charge in [-0.15, -0.1) is 0 Å². The standard InChI is InChI=1S/C26H28N6O3/c1-16-6-21(23(34)32(10-16)12-25(2)14-35-15-25)31-24-28-5-4-20(30-24)17-7-18(9-27)22-19(8-17)26(3,13-33)11-29-22/h4-8,10,29,33H,11-15H2,1-3H3,(H,28,30,31)/t26-/m1/s1. The Hall–Kier alpha value is -3.74. The number of aryl methyl sites for hydroxylation is 1. The lowest BCUT2D eigenvalue weighted by Gasteiger charge is -2.38. The third kappa shape index (κ3) is 4.16. The Morgan fingerprint density at radius 1 is 1.31 bits per heavy atom. The molecule has 1 aromatic carbocycles. The number of fused-ring (bicyclic) bond motifs is 1. The van der Waals surface area contributed by atoms with E-state index in [-0.39, 0.29) is 23.5 Å². The predicted molar refractivity (Wildman–Crippen MR) is 133 cm³/mol. The Balaban J connectivity index is 1.49. The van der Waals surface area contributed by atoms with Crippen LogP contribution in [0.15, 0.2) is 41.5 Å². The van der Waals surface area contributed by atoms with Crippen molar-refractivity contribution in [2.75, 3.05) is 37.0 Å². The second-order valence-corrected chi connectivity index (χ2v) is 10.2. The van der Waals surface area contributed by atoms with Crippen LogP contribution in [0.2, 0.25) is 0 Å². The molecule has 180 valence electrons. The Kier molecular flexibility index (Phi) is 5.58. The van der Waals surface area contributed by atoms with Crippen molar-refractivity contribution in [1.29, 1.82) is 5.26 Å². The summed E-state index contributed by atoms with van der Waals surface area (Å²) in [5.74, 6) is 0.289. The van der Waals surface area contributed by atoms with E-state index in [0.717, 1.165) is 22.4 Å². The fourth-order valence-electron chi connectivity index (χ4n) is 4.71. The number of pyridine rings is 1. The zero-order valence-electron chi connectivity index (χ0n) is 20.1. The number of benzene rings is 1. The van der Waals surface area contributed by atoms with Crippen LogP contribution in [-0.4, -0.2) is 46.0 Å². The third-order valence-corrected chi connectivity index (χ3v) is 6.79. The molecule has 0 radical (unpaired) electrons. The minimum absolute atomic E-state index is 0.0390. The van der Waals surface area contributed by atoms with Crippen LogP contribution in [0, 0.1) is 23.7 Å². The lowest BCUT2D eigenvalue weighted by molar-refractivity contribution is -0.110. The summed E-state index contributed by atoms with van der Waals surface area (Å²) in [5, 5.41) is 26.0. The molecule has 0 amide bonds. The number of nitriles is 1. The van der Waals surface area contributed by atoms with Gasteiger partial charge in [0.15, 0.2) is 0 Å². The number of hydrogen-bond donors (Lipinski definition) is 3. The third-order valence-electron chi connectivity index (χ3n) is 6.79. The smallest absolute Gasteiger partial charge is 0.274 e. The summed E-state index contributed by atoms with van der Waals surface area (Å²) in [6, 6.07) is 9.53. The highest BCUT2D eigenvalue weighted by atomic mass is 16.5. The van der Waals surface area contributed by atoms with Gasteiger partial charge in [0, 0.05) is 41.9 Å². The molecule has 1 fully saturated rings. The molecule has 5 rings (SSSR count). The van der Waals surface area contributed by atoms with Gasteiger partial charge in [-0.1, -0.05) is 13.8 Å². The van der Waals surface area contributed by atoms with Crippen LogP contribution >= 0.6 is 0 Å². The minimum Gasteiger partial charge on any atom is -0.395 e. The molecule has 2 aromatic heterocycles. The van der Waals surface area contributed by atoms with Crippen LogP contribution in [0.4, 0.5) is 17.3 Å². The first-order chi connectivity index (χ1) is 16.7. The molecule has 4 heterocycles. The number of rotatable bonds is 6. The lowest BCUT2D eigenvalue weighted by Crippen LogP contribution is -2.45. The topological polar surface area (TPSA) is 125 Å². The maximum atomic E-state index is 13.2. The SMILES string of the molecule is Cc1cc(Nc2nccc(-c3cc(C#N)c4c(c3)[C@@](C)(CO)CN4)n2)c(=O)n(CC2(C)COC2)c1. The Morgan fingerprint density at radius 2 is 2.11 bits per heavy atom. The minimum atomic E-state index is -0.486. The van der Waals surface area contributed by atoms with Gasteiger partial charge in [0.2, 0.25) is 5.95 Å². The monoisotopic (exact) mass is 472 g/mol. The number of aromatic nitrogens is 3. The van der Waals surface area contributed by atoms with Crippen molar-refractivity contribution in [2.45, 2.75) is 32.7 Å². The molecule has 1 atom stereocenters. The van der Waals surface area contributed by atoms with E-state index in [1.807, 2.05) is 26.1 Å². The molecule has 3 aromatic rings. The Labute approximate surface area is 203 Å². The second kappa shape index (κ2) is 8.48. The van der Waals surface area contributed by atoms with Crippen LogP contribution in [0.1, 0.15) is 30.5 Å². The van der Waals surface area contributed by atoms with Crippen LogP contribution < -0.4 is 16.2 Å². The summed E-state index contributed by atoms with van der Waals surface area (Å²) >= 11 is 0. The zero-order chi connectivity index (χ0) is 24.8. The molecule has 9 nitrogen and oxygen atoms in total. The first kappa shape index (κ1) is 23.0. The van der Waals surface area contributed by atoms with E-state index in [1.165, 1.54) is 0 Å². The van der Waals surface area contributed by atoms with Gasteiger partial charge in [-0.25, -0.2) is 9.97 Å². The van der Waals surface area contributed by atoms with Gasteiger partial charge in [0.25, 0.3) is 5.56 Å². The number of ether oxygens (including phenoxy) is 1. The summed E-state index contributed by atoms with van der Waals surface area (Å²) in [6.45, 7) is 8.37. The average Bonchev–Trinajstić information content (AvgIpc) is 3.17. The maximum Gasteiger partial charge on any atom is 0.274 e. The van der Waals surface area contributed by atoms with Crippen molar-refractivity contribution in [3.05, 3.63) is 63.7 Å². The van der Waals surface area contributed by atoms with Crippen molar-refractivity contribution >= 4 is 17.3 Å². The number of anilines is 3. The molecule has 9 heteroatoms. The molecule has 35 heavy (non-hydrogen) atoms. The molecule has 2 aliphatic rings. The summed E-state index contributed by atoms with van der Waals surface area (Å²) in [5.41, 5.74) is 4.16. The Morgan fingerprint density at radius 3 is 2.80 bits per heavy atom. The molecule has 0 bridgehead atoms. The number of aliphatic hydroxyl groups is 1. The van der Waals surface area contributed by atoms with E-state index in [0.29, 0.717) is 43.2 Å². The first-order valence-corrected chi connectivity index (χ1v) is 11.6. The Bertz CT molecular complexity index is 1410. The lowest BCUT2D eigenvalue weighted by atomic mass is 9.83. The van der Waals surface area contributed by atoms with Crippen LogP contribution in [0.3, 0.4) is 0 Å². The summed E-state index contributed by atoms with van der Waals surface area (Å²) in [6.07, 6.45) is 3.48. The van der Waals surface area contributed by atoms with Gasteiger partial charge < -0.3 is 25.0 Å². The largest absolute Gasteiger partial charge is 0.395 e. The predicted octanol–water partition coefficient (Wildman–Crippen LogP) is 2.94. The van der Waals surface area contributed by atoms with Crippen LogP contribution in [0.5, 0.6) is 0 Å². The molecule has 0 aliphatic carbocycles. The molecule has 0 unspecified atom stereocenters. The molecule has 2 aliphatic heterocycles. The normalized spacial score (nSPS) is 19.9. The molecule has 0 saturated carbocycles. The van der Waals surface area contributed by atoms with E-state index < -0.39 is 5.41 Å². The highest BCUT2D eigenvalue weighted by molar-refractivity contribution is 5.76. The van der Waals surface area contributed by atoms with Crippen molar-refractivity contribution < 1.29 is 9.84 Å². The van der Waals surface area contributed by atoms with Crippen molar-refractivity contribution in [3.8, 4) is 17.3 Å². The van der Waals surface area contributed by atoms with E-state index in [1.54, 1.807) is 29.0 Å². The number of nitrogens with zero attached hydrogens (tertiary/aromatic N) is 4. The number of aliphatic hydroxyl groups excluding tert-OH is 1. The molecular weight excluding hydrogens is 444 g/mol. The summed E-state index contributed by atoms with van der Waals surface area (Å²) in [7, 11) is 0. The summed E-state index contributed by atoms with van der Waals surface area (Å²) < 4.78 is 7.05. The van der Waals surface area contributed by atoms with Crippen LogP contribution in [-0.2, 0) is 16.7 Å². The van der Waals surface area contributed by atoms with Gasteiger partial charge in [-0.2, -0.15) is 5.26 Å². The van der Waals surface area contributed by atoms with Gasteiger partial charge in [-0.3, -0.25) is 4.79 Å². The van der Waals surface area contributed by atoms with Gasteiger partial charge in [0.05, 0.1) is 36.8 Å². The molecule has 3 N–H and O–H groups in total. The highest BCUT2D eigenvalue weighted by Crippen LogP contribution is 2.41. The second-order valence-electron chi connectivity index (χ2n) is 10.2. The molecule has 1 saturated heterocycles. The number of nitrogens with one attached hydrogen (secondary N) is 2. The van der Waals surface area contributed by atoms with Gasteiger partial charge in [-0.05, 0) is 42.3 Å². The number of hydrogen-bond acceptors (Lipinski definition) is 8. The maximum absolute atomic E-state index is 13.2. The molecule has 0 spiro atoms.